The number of alkyl halides is 12. The van der Waals surface area contributed by atoms with E-state index in [0.29, 0.717) is 0 Å². The standard InChI is InChI=1S/C8H4F12O/c9-3(10)5(13,14)7(17,18)8(19,20)6(15,16)4(11,12)1-2-21/h2-3H,1H2. The van der Waals surface area contributed by atoms with Crippen LogP contribution in [-0.4, -0.2) is 42.3 Å². The van der Waals surface area contributed by atoms with Gasteiger partial charge in [-0.25, -0.2) is 8.78 Å². The van der Waals surface area contributed by atoms with E-state index >= 15 is 0 Å². The van der Waals surface area contributed by atoms with E-state index in [1.165, 1.54) is 0 Å². The van der Waals surface area contributed by atoms with E-state index in [1.807, 2.05) is 0 Å². The third-order valence-electron chi connectivity index (χ3n) is 2.28. The molecule has 13 heteroatoms. The van der Waals surface area contributed by atoms with Gasteiger partial charge in [-0.2, -0.15) is 43.9 Å². The minimum atomic E-state index is -7.56. The van der Waals surface area contributed by atoms with Crippen molar-refractivity contribution in [2.45, 2.75) is 42.5 Å². The Balaban J connectivity index is 6.01. The topological polar surface area (TPSA) is 17.1 Å². The van der Waals surface area contributed by atoms with Crippen LogP contribution in [0.4, 0.5) is 52.7 Å². The van der Waals surface area contributed by atoms with E-state index in [1.54, 1.807) is 0 Å². The predicted molar refractivity (Wildman–Crippen MR) is 41.4 cm³/mol. The van der Waals surface area contributed by atoms with Gasteiger partial charge in [0, 0.05) is 0 Å². The molecule has 126 valence electrons. The van der Waals surface area contributed by atoms with Crippen LogP contribution in [0.2, 0.25) is 0 Å². The van der Waals surface area contributed by atoms with Crippen molar-refractivity contribution < 1.29 is 57.5 Å². The fraction of sp³-hybridized carbons (Fsp3) is 0.875. The molecule has 0 N–H and O–H groups in total. The van der Waals surface area contributed by atoms with Crippen LogP contribution in [0.25, 0.3) is 0 Å². The highest BCUT2D eigenvalue weighted by atomic mass is 19.4. The van der Waals surface area contributed by atoms with Gasteiger partial charge < -0.3 is 4.79 Å². The minimum Gasteiger partial charge on any atom is -0.303 e. The monoisotopic (exact) mass is 344 g/mol. The number of hydrogen-bond acceptors (Lipinski definition) is 1. The van der Waals surface area contributed by atoms with Crippen molar-refractivity contribution in [2.75, 3.05) is 0 Å². The molecule has 0 saturated carbocycles. The molecule has 0 aromatic carbocycles. The second-order valence-corrected chi connectivity index (χ2v) is 3.72. The van der Waals surface area contributed by atoms with Crippen molar-refractivity contribution in [3.63, 3.8) is 0 Å². The maximum Gasteiger partial charge on any atom is 0.384 e. The summed E-state index contributed by atoms with van der Waals surface area (Å²) in [5.41, 5.74) is 0. The minimum absolute atomic E-state index is 1.06. The van der Waals surface area contributed by atoms with Crippen molar-refractivity contribution in [3.8, 4) is 0 Å². The van der Waals surface area contributed by atoms with Gasteiger partial charge in [0.2, 0.25) is 0 Å². The molecule has 0 heterocycles. The summed E-state index contributed by atoms with van der Waals surface area (Å²) in [7, 11) is 0. The SMILES string of the molecule is O=CCC(F)(F)C(F)(F)C(F)(F)C(F)(F)C(F)(F)C(F)F. The van der Waals surface area contributed by atoms with Gasteiger partial charge in [-0.1, -0.05) is 0 Å². The van der Waals surface area contributed by atoms with Gasteiger partial charge >= 0.3 is 36.0 Å². The lowest BCUT2D eigenvalue weighted by molar-refractivity contribution is -0.412. The molecular formula is C8H4F12O. The van der Waals surface area contributed by atoms with Crippen LogP contribution >= 0.6 is 0 Å². The number of carbonyl (C=O) groups excluding carboxylic acids is 1. The Morgan fingerprint density at radius 3 is 1.38 bits per heavy atom. The first-order chi connectivity index (χ1) is 9.00. The summed E-state index contributed by atoms with van der Waals surface area (Å²) in [6.07, 6.45) is -9.31. The molecule has 0 spiro atoms. The van der Waals surface area contributed by atoms with Crippen molar-refractivity contribution >= 4 is 6.29 Å². The number of carbonyl (C=O) groups is 1. The number of halogens is 12. The van der Waals surface area contributed by atoms with Gasteiger partial charge in [0.05, 0.1) is 6.42 Å². The first-order valence-electron chi connectivity index (χ1n) is 4.61. The van der Waals surface area contributed by atoms with Crippen molar-refractivity contribution in [1.82, 2.24) is 0 Å². The molecule has 0 aliphatic carbocycles. The zero-order valence-corrected chi connectivity index (χ0v) is 9.31. The first kappa shape index (κ1) is 19.8. The van der Waals surface area contributed by atoms with Crippen molar-refractivity contribution in [1.29, 1.82) is 0 Å². The van der Waals surface area contributed by atoms with Gasteiger partial charge in [0.15, 0.2) is 0 Å². The fourth-order valence-electron chi connectivity index (χ4n) is 1.01. The maximum atomic E-state index is 12.7. The summed E-state index contributed by atoms with van der Waals surface area (Å²) in [5.74, 6) is -35.4. The molecule has 0 aliphatic rings. The third kappa shape index (κ3) is 2.65. The zero-order valence-electron chi connectivity index (χ0n) is 9.31. The summed E-state index contributed by atoms with van der Waals surface area (Å²) in [4.78, 5) is 9.64. The lowest BCUT2D eigenvalue weighted by Crippen LogP contribution is -2.68. The van der Waals surface area contributed by atoms with Crippen LogP contribution in [0.3, 0.4) is 0 Å². The van der Waals surface area contributed by atoms with Gasteiger partial charge in [-0.3, -0.25) is 0 Å². The summed E-state index contributed by atoms with van der Waals surface area (Å²) in [6, 6.07) is 0. The molecule has 0 rings (SSSR count). The second-order valence-electron chi connectivity index (χ2n) is 3.72. The molecule has 0 bridgehead atoms. The normalized spacial score (nSPS) is 15.5. The van der Waals surface area contributed by atoms with Crippen LogP contribution in [0.15, 0.2) is 0 Å². The summed E-state index contributed by atoms with van der Waals surface area (Å²) in [5, 5.41) is 0. The largest absolute Gasteiger partial charge is 0.384 e. The Bertz CT molecular complexity index is 387. The molecule has 0 aromatic heterocycles. The predicted octanol–water partition coefficient (Wildman–Crippen LogP) is 4.02. The maximum absolute atomic E-state index is 12.7. The zero-order chi connectivity index (χ0) is 17.5. The quantitative estimate of drug-likeness (QED) is 0.504. The van der Waals surface area contributed by atoms with E-state index in [2.05, 4.69) is 0 Å². The van der Waals surface area contributed by atoms with Crippen LogP contribution in [0.1, 0.15) is 6.42 Å². The lowest BCUT2D eigenvalue weighted by Gasteiger charge is -2.38. The lowest BCUT2D eigenvalue weighted by atomic mass is 9.93. The first-order valence-corrected chi connectivity index (χ1v) is 4.61. The van der Waals surface area contributed by atoms with Crippen molar-refractivity contribution in [3.05, 3.63) is 0 Å². The van der Waals surface area contributed by atoms with Crippen LogP contribution in [0, 0.1) is 0 Å². The van der Waals surface area contributed by atoms with Crippen LogP contribution in [0.5, 0.6) is 0 Å². The third-order valence-corrected chi connectivity index (χ3v) is 2.28. The number of rotatable bonds is 7. The van der Waals surface area contributed by atoms with Gasteiger partial charge in [0.25, 0.3) is 0 Å². The molecule has 0 amide bonds. The Kier molecular flexibility index (Phi) is 4.94. The Hall–Kier alpha value is -1.17. The summed E-state index contributed by atoms with van der Waals surface area (Å²) < 4.78 is 149. The Morgan fingerprint density at radius 2 is 1.10 bits per heavy atom. The highest BCUT2D eigenvalue weighted by Gasteiger charge is 2.87. The summed E-state index contributed by atoms with van der Waals surface area (Å²) >= 11 is 0. The average molecular weight is 344 g/mol. The molecule has 0 aromatic rings. The van der Waals surface area contributed by atoms with E-state index in [9.17, 15) is 57.5 Å². The molecule has 1 nitrogen and oxygen atoms in total. The number of hydrogen-bond donors (Lipinski definition) is 0. The number of aldehydes is 1. The molecular weight excluding hydrogens is 340 g/mol. The molecule has 0 aliphatic heterocycles. The van der Waals surface area contributed by atoms with E-state index < -0.39 is 48.7 Å². The highest BCUT2D eigenvalue weighted by Crippen LogP contribution is 2.58. The summed E-state index contributed by atoms with van der Waals surface area (Å²) in [6.45, 7) is 0. The molecule has 0 fully saturated rings. The van der Waals surface area contributed by atoms with Gasteiger partial charge in [0.1, 0.15) is 6.29 Å². The molecule has 21 heavy (non-hydrogen) atoms. The van der Waals surface area contributed by atoms with Gasteiger partial charge in [-0.15, -0.1) is 0 Å². The van der Waals surface area contributed by atoms with E-state index in [0.717, 1.165) is 0 Å². The Labute approximate surface area is 107 Å². The Morgan fingerprint density at radius 1 is 0.714 bits per heavy atom. The van der Waals surface area contributed by atoms with E-state index in [-0.39, 0.29) is 0 Å². The van der Waals surface area contributed by atoms with Crippen molar-refractivity contribution in [2.24, 2.45) is 0 Å². The average Bonchev–Trinajstić information content (AvgIpc) is 2.27. The van der Waals surface area contributed by atoms with E-state index in [4.69, 9.17) is 0 Å². The second kappa shape index (κ2) is 5.23. The smallest absolute Gasteiger partial charge is 0.303 e. The molecule has 0 radical (unpaired) electrons. The van der Waals surface area contributed by atoms with Crippen LogP contribution < -0.4 is 0 Å². The fourth-order valence-corrected chi connectivity index (χ4v) is 1.01. The van der Waals surface area contributed by atoms with Gasteiger partial charge in [-0.05, 0) is 0 Å². The molecule has 0 atom stereocenters. The highest BCUT2D eigenvalue weighted by molar-refractivity contribution is 5.51. The molecule has 0 saturated heterocycles. The molecule has 0 unspecified atom stereocenters. The van der Waals surface area contributed by atoms with Crippen LogP contribution in [-0.2, 0) is 4.79 Å².